The zero-order chi connectivity index (χ0) is 14.4. The van der Waals surface area contributed by atoms with Gasteiger partial charge in [0.2, 0.25) is 5.91 Å². The predicted molar refractivity (Wildman–Crippen MR) is 72.6 cm³/mol. The lowest BCUT2D eigenvalue weighted by Gasteiger charge is -2.18. The minimum absolute atomic E-state index is 0.104. The molecule has 4 N–H and O–H groups in total. The summed E-state index contributed by atoms with van der Waals surface area (Å²) in [5.74, 6) is -1.27. The van der Waals surface area contributed by atoms with Gasteiger partial charge in [-0.05, 0) is 25.8 Å². The molecule has 1 unspecified atom stereocenters. The first-order valence-electron chi connectivity index (χ1n) is 6.24. The van der Waals surface area contributed by atoms with Gasteiger partial charge in [0, 0.05) is 6.42 Å². The maximum Gasteiger partial charge on any atom is 0.303 e. The molecule has 0 aromatic heterocycles. The van der Waals surface area contributed by atoms with Crippen LogP contribution in [0.15, 0.2) is 24.3 Å². The summed E-state index contributed by atoms with van der Waals surface area (Å²) in [6.07, 6.45) is 0.0368. The van der Waals surface area contributed by atoms with E-state index in [1.54, 1.807) is 0 Å². The van der Waals surface area contributed by atoms with E-state index < -0.39 is 12.0 Å². The predicted octanol–water partition coefficient (Wildman–Crippen LogP) is 1.36. The Bertz CT molecular complexity index is 460. The number of aryl methyl sites for hydroxylation is 1. The van der Waals surface area contributed by atoms with Crippen molar-refractivity contribution in [3.05, 3.63) is 35.4 Å². The molecule has 0 radical (unpaired) electrons. The van der Waals surface area contributed by atoms with Crippen LogP contribution in [0.1, 0.15) is 36.9 Å². The fourth-order valence-corrected chi connectivity index (χ4v) is 1.75. The molecule has 0 spiro atoms. The first kappa shape index (κ1) is 15.2. The first-order chi connectivity index (χ1) is 8.90. The third kappa shape index (κ3) is 5.09. The molecule has 1 aromatic carbocycles. The molecule has 0 aliphatic carbocycles. The first-order valence-corrected chi connectivity index (χ1v) is 6.24. The van der Waals surface area contributed by atoms with Gasteiger partial charge >= 0.3 is 5.97 Å². The molecular formula is C14H20N2O3. The van der Waals surface area contributed by atoms with Crippen LogP contribution in [0, 0.1) is 6.92 Å². The maximum absolute atomic E-state index is 11.8. The van der Waals surface area contributed by atoms with Crippen LogP contribution in [0.25, 0.3) is 0 Å². The van der Waals surface area contributed by atoms with Crippen molar-refractivity contribution < 1.29 is 14.7 Å². The van der Waals surface area contributed by atoms with Crippen LogP contribution in [-0.2, 0) is 9.59 Å². The molecule has 0 bridgehead atoms. The Labute approximate surface area is 112 Å². The minimum Gasteiger partial charge on any atom is -0.481 e. The van der Waals surface area contributed by atoms with Gasteiger partial charge in [-0.15, -0.1) is 0 Å². The van der Waals surface area contributed by atoms with Crippen molar-refractivity contribution in [1.82, 2.24) is 5.32 Å². The van der Waals surface area contributed by atoms with E-state index in [-0.39, 0.29) is 24.8 Å². The summed E-state index contributed by atoms with van der Waals surface area (Å²) in [7, 11) is 0. The molecule has 104 valence electrons. The van der Waals surface area contributed by atoms with Crippen LogP contribution in [0.3, 0.4) is 0 Å². The number of nitrogens with two attached hydrogens (primary N) is 1. The Balaban J connectivity index is 2.54. The normalized spacial score (nSPS) is 13.6. The summed E-state index contributed by atoms with van der Waals surface area (Å²) in [5.41, 5.74) is 7.76. The van der Waals surface area contributed by atoms with Crippen molar-refractivity contribution in [3.63, 3.8) is 0 Å². The minimum atomic E-state index is -0.949. The topological polar surface area (TPSA) is 92.4 Å². The molecule has 0 aliphatic rings. The summed E-state index contributed by atoms with van der Waals surface area (Å²) >= 11 is 0. The third-order valence-corrected chi connectivity index (χ3v) is 2.91. The highest BCUT2D eigenvalue weighted by Gasteiger charge is 2.17. The third-order valence-electron chi connectivity index (χ3n) is 2.91. The molecule has 2 atom stereocenters. The van der Waals surface area contributed by atoms with Crippen LogP contribution in [0.2, 0.25) is 0 Å². The Hall–Kier alpha value is -1.88. The van der Waals surface area contributed by atoms with E-state index >= 15 is 0 Å². The Morgan fingerprint density at radius 3 is 2.68 bits per heavy atom. The van der Waals surface area contributed by atoms with Gasteiger partial charge in [0.05, 0.1) is 12.1 Å². The van der Waals surface area contributed by atoms with E-state index in [9.17, 15) is 9.59 Å². The smallest absolute Gasteiger partial charge is 0.303 e. The van der Waals surface area contributed by atoms with Gasteiger partial charge in [0.15, 0.2) is 0 Å². The van der Waals surface area contributed by atoms with E-state index in [0.717, 1.165) is 11.1 Å². The van der Waals surface area contributed by atoms with Gasteiger partial charge in [0.1, 0.15) is 0 Å². The van der Waals surface area contributed by atoms with E-state index in [1.807, 2.05) is 38.1 Å². The summed E-state index contributed by atoms with van der Waals surface area (Å²) < 4.78 is 0. The number of aliphatic carboxylic acids is 1. The van der Waals surface area contributed by atoms with E-state index in [4.69, 9.17) is 10.8 Å². The average Bonchev–Trinajstić information content (AvgIpc) is 2.35. The van der Waals surface area contributed by atoms with Crippen molar-refractivity contribution in [2.75, 3.05) is 0 Å². The van der Waals surface area contributed by atoms with Crippen LogP contribution < -0.4 is 11.1 Å². The molecule has 1 aromatic rings. The number of carbonyl (C=O) groups is 2. The maximum atomic E-state index is 11.8. The summed E-state index contributed by atoms with van der Waals surface area (Å²) in [5, 5.41) is 11.3. The van der Waals surface area contributed by atoms with E-state index in [0.29, 0.717) is 0 Å². The summed E-state index contributed by atoms with van der Waals surface area (Å²) in [6.45, 7) is 3.85. The lowest BCUT2D eigenvalue weighted by Crippen LogP contribution is -2.41. The second-order valence-electron chi connectivity index (χ2n) is 4.68. The zero-order valence-corrected chi connectivity index (χ0v) is 11.2. The number of hydrogen-bond acceptors (Lipinski definition) is 3. The molecule has 5 nitrogen and oxygen atoms in total. The van der Waals surface area contributed by atoms with Gasteiger partial charge in [-0.25, -0.2) is 0 Å². The SMILES string of the molecule is Cc1cccc([C@@H](C)NC(=O)C(N)CCC(=O)O)c1. The number of carboxylic acid groups (broad SMARTS) is 1. The molecule has 5 heteroatoms. The fourth-order valence-electron chi connectivity index (χ4n) is 1.75. The van der Waals surface area contributed by atoms with Crippen molar-refractivity contribution >= 4 is 11.9 Å². The number of nitrogens with one attached hydrogen (secondary N) is 1. The zero-order valence-electron chi connectivity index (χ0n) is 11.2. The monoisotopic (exact) mass is 264 g/mol. The number of hydrogen-bond donors (Lipinski definition) is 3. The van der Waals surface area contributed by atoms with Crippen molar-refractivity contribution in [3.8, 4) is 0 Å². The van der Waals surface area contributed by atoms with Gasteiger partial charge in [-0.3, -0.25) is 9.59 Å². The van der Waals surface area contributed by atoms with Crippen molar-refractivity contribution in [2.24, 2.45) is 5.73 Å². The summed E-state index contributed by atoms with van der Waals surface area (Å²) in [6, 6.07) is 6.90. The van der Waals surface area contributed by atoms with Gasteiger partial charge in [0.25, 0.3) is 0 Å². The summed E-state index contributed by atoms with van der Waals surface area (Å²) in [4.78, 5) is 22.2. The number of benzene rings is 1. The Kier molecular flexibility index (Phi) is 5.51. The molecule has 1 rings (SSSR count). The van der Waals surface area contributed by atoms with Crippen molar-refractivity contribution in [1.29, 1.82) is 0 Å². The second kappa shape index (κ2) is 6.89. The lowest BCUT2D eigenvalue weighted by molar-refractivity contribution is -0.137. The number of rotatable bonds is 6. The average molecular weight is 264 g/mol. The molecule has 0 saturated carbocycles. The van der Waals surface area contributed by atoms with Crippen LogP contribution in [0.4, 0.5) is 0 Å². The highest BCUT2D eigenvalue weighted by Crippen LogP contribution is 2.13. The Morgan fingerprint density at radius 1 is 1.42 bits per heavy atom. The second-order valence-corrected chi connectivity index (χ2v) is 4.68. The van der Waals surface area contributed by atoms with Gasteiger partial charge in [-0.2, -0.15) is 0 Å². The molecule has 0 heterocycles. The molecule has 0 fully saturated rings. The molecule has 1 amide bonds. The quantitative estimate of drug-likeness (QED) is 0.723. The lowest BCUT2D eigenvalue weighted by atomic mass is 10.0. The molecule has 0 saturated heterocycles. The van der Waals surface area contributed by atoms with Crippen LogP contribution in [-0.4, -0.2) is 23.0 Å². The Morgan fingerprint density at radius 2 is 2.11 bits per heavy atom. The van der Waals surface area contributed by atoms with E-state index in [1.165, 1.54) is 0 Å². The number of carbonyl (C=O) groups excluding carboxylic acids is 1. The largest absolute Gasteiger partial charge is 0.481 e. The molecule has 19 heavy (non-hydrogen) atoms. The highest BCUT2D eigenvalue weighted by atomic mass is 16.4. The molecule has 0 aliphatic heterocycles. The van der Waals surface area contributed by atoms with Crippen LogP contribution in [0.5, 0.6) is 0 Å². The fraction of sp³-hybridized carbons (Fsp3) is 0.429. The number of carboxylic acids is 1. The van der Waals surface area contributed by atoms with Gasteiger partial charge < -0.3 is 16.2 Å². The number of amides is 1. The van der Waals surface area contributed by atoms with Gasteiger partial charge in [-0.1, -0.05) is 29.8 Å². The van der Waals surface area contributed by atoms with E-state index in [2.05, 4.69) is 5.32 Å². The standard InChI is InChI=1S/C14H20N2O3/c1-9-4-3-5-11(8-9)10(2)16-14(19)12(15)6-7-13(17)18/h3-5,8,10,12H,6-7,15H2,1-2H3,(H,16,19)(H,17,18)/t10-,12?/m1/s1. The van der Waals surface area contributed by atoms with Crippen molar-refractivity contribution in [2.45, 2.75) is 38.8 Å². The van der Waals surface area contributed by atoms with Crippen LogP contribution >= 0.6 is 0 Å². The highest BCUT2D eigenvalue weighted by molar-refractivity contribution is 5.82. The molecular weight excluding hydrogens is 244 g/mol.